The van der Waals surface area contributed by atoms with Gasteiger partial charge in [-0.1, -0.05) is 11.6 Å². The number of halogens is 1. The summed E-state index contributed by atoms with van der Waals surface area (Å²) in [4.78, 5) is 16.0. The molecule has 0 radical (unpaired) electrons. The number of hydrogen-bond donors (Lipinski definition) is 2. The Bertz CT molecular complexity index is 627. The molecular formula is C13H15ClN4O2. The zero-order valence-corrected chi connectivity index (χ0v) is 11.9. The highest BCUT2D eigenvalue weighted by molar-refractivity contribution is 6.32. The van der Waals surface area contributed by atoms with E-state index in [1.54, 1.807) is 37.0 Å². The predicted molar refractivity (Wildman–Crippen MR) is 75.5 cm³/mol. The van der Waals surface area contributed by atoms with Gasteiger partial charge in [-0.2, -0.15) is 5.10 Å². The highest BCUT2D eigenvalue weighted by Crippen LogP contribution is 2.25. The van der Waals surface area contributed by atoms with Crippen LogP contribution in [0.4, 0.5) is 0 Å². The molecule has 1 atom stereocenters. The minimum Gasteiger partial charge on any atom is -0.394 e. The van der Waals surface area contributed by atoms with Crippen molar-refractivity contribution in [3.8, 4) is 11.3 Å². The summed E-state index contributed by atoms with van der Waals surface area (Å²) < 4.78 is 1.65. The van der Waals surface area contributed by atoms with Crippen molar-refractivity contribution < 1.29 is 9.90 Å². The van der Waals surface area contributed by atoms with Gasteiger partial charge in [0, 0.05) is 31.0 Å². The van der Waals surface area contributed by atoms with Gasteiger partial charge in [-0.05, 0) is 19.1 Å². The normalized spacial score (nSPS) is 12.2. The second-order valence-electron chi connectivity index (χ2n) is 4.49. The van der Waals surface area contributed by atoms with Gasteiger partial charge in [-0.25, -0.2) is 4.98 Å². The number of amides is 1. The quantitative estimate of drug-likeness (QED) is 0.832. The lowest BCUT2D eigenvalue weighted by Crippen LogP contribution is -2.35. The maximum absolute atomic E-state index is 12.0. The van der Waals surface area contributed by atoms with Crippen molar-refractivity contribution in [1.29, 1.82) is 0 Å². The SMILES string of the molecule is CC(CO)NC(=O)c1cnc(Cl)c(-c2ccn(C)n2)c1. The summed E-state index contributed by atoms with van der Waals surface area (Å²) in [5.74, 6) is -0.312. The number of aryl methyl sites for hydroxylation is 1. The van der Waals surface area contributed by atoms with Crippen LogP contribution < -0.4 is 5.32 Å². The van der Waals surface area contributed by atoms with Crippen molar-refractivity contribution in [2.24, 2.45) is 7.05 Å². The van der Waals surface area contributed by atoms with Crippen molar-refractivity contribution in [2.75, 3.05) is 6.61 Å². The zero-order valence-electron chi connectivity index (χ0n) is 11.2. The fraction of sp³-hybridized carbons (Fsp3) is 0.308. The van der Waals surface area contributed by atoms with Crippen LogP contribution in [0, 0.1) is 0 Å². The highest BCUT2D eigenvalue weighted by Gasteiger charge is 2.14. The van der Waals surface area contributed by atoms with Gasteiger partial charge in [0.25, 0.3) is 5.91 Å². The molecule has 0 aromatic carbocycles. The van der Waals surface area contributed by atoms with E-state index in [4.69, 9.17) is 16.7 Å². The molecule has 2 aromatic rings. The third-order valence-corrected chi connectivity index (χ3v) is 3.04. The fourth-order valence-electron chi connectivity index (χ4n) is 1.66. The van der Waals surface area contributed by atoms with Gasteiger partial charge in [0.2, 0.25) is 0 Å². The van der Waals surface area contributed by atoms with Crippen LogP contribution in [-0.4, -0.2) is 38.4 Å². The molecule has 0 saturated heterocycles. The summed E-state index contributed by atoms with van der Waals surface area (Å²) in [7, 11) is 1.80. The molecule has 106 valence electrons. The van der Waals surface area contributed by atoms with Gasteiger partial charge in [0.15, 0.2) is 0 Å². The summed E-state index contributed by atoms with van der Waals surface area (Å²) in [6, 6.07) is 3.11. The zero-order chi connectivity index (χ0) is 14.7. The molecule has 7 heteroatoms. The maximum atomic E-state index is 12.0. The number of pyridine rings is 1. The van der Waals surface area contributed by atoms with Crippen LogP contribution >= 0.6 is 11.6 Å². The van der Waals surface area contributed by atoms with E-state index in [0.717, 1.165) is 0 Å². The average molecular weight is 295 g/mol. The molecule has 2 N–H and O–H groups in total. The lowest BCUT2D eigenvalue weighted by molar-refractivity contribution is 0.0922. The Kier molecular flexibility index (Phi) is 4.36. The monoisotopic (exact) mass is 294 g/mol. The Hall–Kier alpha value is -1.92. The molecule has 0 saturated carbocycles. The first-order valence-corrected chi connectivity index (χ1v) is 6.46. The first-order chi connectivity index (χ1) is 9.51. The molecule has 0 bridgehead atoms. The summed E-state index contributed by atoms with van der Waals surface area (Å²) in [6.07, 6.45) is 3.18. The van der Waals surface area contributed by atoms with E-state index in [1.165, 1.54) is 6.20 Å². The van der Waals surface area contributed by atoms with Crippen LogP contribution in [0.2, 0.25) is 5.15 Å². The van der Waals surface area contributed by atoms with Crippen LogP contribution in [-0.2, 0) is 7.05 Å². The average Bonchev–Trinajstić information content (AvgIpc) is 2.85. The molecule has 1 unspecified atom stereocenters. The van der Waals surface area contributed by atoms with E-state index in [2.05, 4.69) is 15.4 Å². The number of carbonyl (C=O) groups is 1. The Labute approximate surface area is 121 Å². The van der Waals surface area contributed by atoms with Gasteiger partial charge in [-0.15, -0.1) is 0 Å². The van der Waals surface area contributed by atoms with E-state index in [9.17, 15) is 4.79 Å². The van der Waals surface area contributed by atoms with Gasteiger partial charge in [-0.3, -0.25) is 9.48 Å². The van der Waals surface area contributed by atoms with Crippen molar-refractivity contribution in [3.63, 3.8) is 0 Å². The summed E-state index contributed by atoms with van der Waals surface area (Å²) >= 11 is 6.05. The van der Waals surface area contributed by atoms with E-state index in [0.29, 0.717) is 16.8 Å². The number of aromatic nitrogens is 3. The van der Waals surface area contributed by atoms with Gasteiger partial charge in [0.05, 0.1) is 17.9 Å². The van der Waals surface area contributed by atoms with Crippen molar-refractivity contribution >= 4 is 17.5 Å². The fourth-order valence-corrected chi connectivity index (χ4v) is 1.86. The Morgan fingerprint density at radius 1 is 1.60 bits per heavy atom. The van der Waals surface area contributed by atoms with Crippen LogP contribution in [0.25, 0.3) is 11.3 Å². The number of nitrogens with zero attached hydrogens (tertiary/aromatic N) is 3. The van der Waals surface area contributed by atoms with E-state index >= 15 is 0 Å². The molecule has 1 amide bonds. The summed E-state index contributed by atoms with van der Waals surface area (Å²) in [5, 5.41) is 16.1. The minimum atomic E-state index is -0.323. The van der Waals surface area contributed by atoms with Crippen molar-refractivity contribution in [2.45, 2.75) is 13.0 Å². The van der Waals surface area contributed by atoms with Crippen LogP contribution in [0.1, 0.15) is 17.3 Å². The Morgan fingerprint density at radius 2 is 2.35 bits per heavy atom. The first-order valence-electron chi connectivity index (χ1n) is 6.08. The topological polar surface area (TPSA) is 80.0 Å². The minimum absolute atomic E-state index is 0.125. The predicted octanol–water partition coefficient (Wildman–Crippen LogP) is 1.25. The number of aliphatic hydroxyl groups is 1. The van der Waals surface area contributed by atoms with Gasteiger partial charge >= 0.3 is 0 Å². The van der Waals surface area contributed by atoms with Gasteiger partial charge < -0.3 is 10.4 Å². The van der Waals surface area contributed by atoms with Crippen LogP contribution in [0.5, 0.6) is 0 Å². The van der Waals surface area contributed by atoms with E-state index < -0.39 is 0 Å². The van der Waals surface area contributed by atoms with Crippen molar-refractivity contribution in [1.82, 2.24) is 20.1 Å². The van der Waals surface area contributed by atoms with Crippen LogP contribution in [0.3, 0.4) is 0 Å². The van der Waals surface area contributed by atoms with E-state index in [-0.39, 0.29) is 23.7 Å². The molecule has 0 aliphatic heterocycles. The molecule has 0 fully saturated rings. The molecular weight excluding hydrogens is 280 g/mol. The third kappa shape index (κ3) is 3.15. The first kappa shape index (κ1) is 14.5. The van der Waals surface area contributed by atoms with E-state index in [1.807, 2.05) is 0 Å². The number of hydrogen-bond acceptors (Lipinski definition) is 4. The molecule has 0 aliphatic rings. The summed E-state index contributed by atoms with van der Waals surface area (Å²) in [5.41, 5.74) is 1.61. The lowest BCUT2D eigenvalue weighted by atomic mass is 10.1. The number of rotatable bonds is 4. The van der Waals surface area contributed by atoms with Crippen molar-refractivity contribution in [3.05, 3.63) is 35.2 Å². The molecule has 6 nitrogen and oxygen atoms in total. The second kappa shape index (κ2) is 6.02. The number of carbonyl (C=O) groups excluding carboxylic acids is 1. The number of nitrogens with one attached hydrogen (secondary N) is 1. The molecule has 2 heterocycles. The third-order valence-electron chi connectivity index (χ3n) is 2.74. The molecule has 0 aliphatic carbocycles. The largest absolute Gasteiger partial charge is 0.394 e. The van der Waals surface area contributed by atoms with Gasteiger partial charge in [0.1, 0.15) is 5.15 Å². The van der Waals surface area contributed by atoms with Crippen LogP contribution in [0.15, 0.2) is 24.5 Å². The highest BCUT2D eigenvalue weighted by atomic mass is 35.5. The number of aliphatic hydroxyl groups excluding tert-OH is 1. The maximum Gasteiger partial charge on any atom is 0.253 e. The standard InChI is InChI=1S/C13H15ClN4O2/c1-8(7-19)16-13(20)9-5-10(12(14)15-6-9)11-3-4-18(2)17-11/h3-6,8,19H,7H2,1-2H3,(H,16,20). The lowest BCUT2D eigenvalue weighted by Gasteiger charge is -2.11. The summed E-state index contributed by atoms with van der Waals surface area (Å²) in [6.45, 7) is 1.58. The molecule has 20 heavy (non-hydrogen) atoms. The Balaban J connectivity index is 2.31. The Morgan fingerprint density at radius 3 is 2.95 bits per heavy atom. The molecule has 2 aromatic heterocycles. The molecule has 0 spiro atoms. The second-order valence-corrected chi connectivity index (χ2v) is 4.85. The smallest absolute Gasteiger partial charge is 0.253 e. The molecule has 2 rings (SSSR count).